The highest BCUT2D eigenvalue weighted by molar-refractivity contribution is 6.31. The molecule has 4 heteroatoms. The summed E-state index contributed by atoms with van der Waals surface area (Å²) in [4.78, 5) is 4.58. The molecule has 0 amide bonds. The molecule has 1 aromatic carbocycles. The second kappa shape index (κ2) is 8.05. The summed E-state index contributed by atoms with van der Waals surface area (Å²) in [7, 11) is 0. The largest absolute Gasteiger partial charge is 0.327 e. The highest BCUT2D eigenvalue weighted by Gasteiger charge is 2.10. The number of benzene rings is 1. The monoisotopic (exact) mass is 326 g/mol. The lowest BCUT2D eigenvalue weighted by molar-refractivity contribution is 0.505. The molecule has 2 rings (SSSR count). The number of aryl methyl sites for hydroxylation is 1. The van der Waals surface area contributed by atoms with Gasteiger partial charge in [0.25, 0.3) is 0 Å². The lowest BCUT2D eigenvalue weighted by atomic mass is 10.0. The van der Waals surface area contributed by atoms with Crippen molar-refractivity contribution in [2.75, 3.05) is 0 Å². The fourth-order valence-electron chi connectivity index (χ4n) is 2.67. The van der Waals surface area contributed by atoms with Gasteiger partial charge >= 0.3 is 0 Å². The minimum atomic E-state index is 0.444. The van der Waals surface area contributed by atoms with Crippen molar-refractivity contribution in [2.45, 2.75) is 58.4 Å². The normalized spacial score (nSPS) is 11.7. The van der Waals surface area contributed by atoms with Crippen molar-refractivity contribution >= 4 is 34.2 Å². The molecular formula is C17H24Cl2N2. The summed E-state index contributed by atoms with van der Waals surface area (Å²) in [5.74, 6) is 2.20. The van der Waals surface area contributed by atoms with Crippen LogP contribution >= 0.6 is 23.2 Å². The quantitative estimate of drug-likeness (QED) is 0.427. The highest BCUT2D eigenvalue weighted by Crippen LogP contribution is 2.22. The fraction of sp³-hybridized carbons (Fsp3) is 0.588. The van der Waals surface area contributed by atoms with Gasteiger partial charge in [0.1, 0.15) is 5.82 Å². The molecule has 0 spiro atoms. The van der Waals surface area contributed by atoms with Crippen LogP contribution in [0.3, 0.4) is 0 Å². The van der Waals surface area contributed by atoms with Crippen LogP contribution in [0.5, 0.6) is 0 Å². The van der Waals surface area contributed by atoms with Crippen LogP contribution in [-0.4, -0.2) is 9.55 Å². The Bertz CT molecular complexity index is 575. The van der Waals surface area contributed by atoms with Gasteiger partial charge in [0.2, 0.25) is 0 Å². The molecule has 0 saturated heterocycles. The SMILES string of the molecule is CC(C)CCCCCCn1c(CCl)nc2ccc(Cl)cc21. The van der Waals surface area contributed by atoms with Gasteiger partial charge in [-0.15, -0.1) is 11.6 Å². The fourth-order valence-corrected chi connectivity index (χ4v) is 3.04. The van der Waals surface area contributed by atoms with E-state index < -0.39 is 0 Å². The minimum Gasteiger partial charge on any atom is -0.327 e. The third kappa shape index (κ3) is 4.62. The first-order valence-electron chi connectivity index (χ1n) is 7.82. The van der Waals surface area contributed by atoms with E-state index in [-0.39, 0.29) is 0 Å². The number of nitrogens with zero attached hydrogens (tertiary/aromatic N) is 2. The molecule has 0 atom stereocenters. The van der Waals surface area contributed by atoms with Gasteiger partial charge in [-0.25, -0.2) is 4.98 Å². The third-order valence-electron chi connectivity index (χ3n) is 3.82. The van der Waals surface area contributed by atoms with E-state index in [2.05, 4.69) is 23.4 Å². The van der Waals surface area contributed by atoms with Crippen molar-refractivity contribution in [3.05, 3.63) is 29.0 Å². The minimum absolute atomic E-state index is 0.444. The zero-order chi connectivity index (χ0) is 15.2. The van der Waals surface area contributed by atoms with E-state index in [4.69, 9.17) is 23.2 Å². The van der Waals surface area contributed by atoms with Gasteiger partial charge in [-0.2, -0.15) is 0 Å². The number of hydrogen-bond acceptors (Lipinski definition) is 1. The maximum atomic E-state index is 6.10. The molecule has 0 saturated carbocycles. The molecule has 0 aliphatic rings. The molecule has 0 aliphatic carbocycles. The Balaban J connectivity index is 1.95. The maximum Gasteiger partial charge on any atom is 0.124 e. The van der Waals surface area contributed by atoms with Crippen LogP contribution in [0.2, 0.25) is 5.02 Å². The standard InChI is InChI=1S/C17H24Cl2N2/c1-13(2)7-5-3-4-6-10-21-16-11-14(19)8-9-15(16)20-17(21)12-18/h8-9,11,13H,3-7,10,12H2,1-2H3. The topological polar surface area (TPSA) is 17.8 Å². The van der Waals surface area contributed by atoms with Crippen LogP contribution in [0.4, 0.5) is 0 Å². The second-order valence-electron chi connectivity index (χ2n) is 6.04. The van der Waals surface area contributed by atoms with Crippen molar-refractivity contribution in [2.24, 2.45) is 5.92 Å². The lowest BCUT2D eigenvalue weighted by Gasteiger charge is -2.08. The first-order chi connectivity index (χ1) is 10.1. The molecule has 0 unspecified atom stereocenters. The number of aromatic nitrogens is 2. The predicted molar refractivity (Wildman–Crippen MR) is 92.2 cm³/mol. The summed E-state index contributed by atoms with van der Waals surface area (Å²) in [6.45, 7) is 5.54. The van der Waals surface area contributed by atoms with E-state index in [1.165, 1.54) is 32.1 Å². The van der Waals surface area contributed by atoms with Gasteiger partial charge in [0.15, 0.2) is 0 Å². The van der Waals surface area contributed by atoms with Crippen LogP contribution in [0.15, 0.2) is 18.2 Å². The average molecular weight is 327 g/mol. The van der Waals surface area contributed by atoms with Gasteiger partial charge in [-0.05, 0) is 30.5 Å². The number of rotatable bonds is 8. The van der Waals surface area contributed by atoms with E-state index in [0.717, 1.165) is 34.3 Å². The summed E-state index contributed by atoms with van der Waals surface area (Å²) in [6.07, 6.45) is 6.39. The summed E-state index contributed by atoms with van der Waals surface area (Å²) in [5, 5.41) is 0.752. The van der Waals surface area contributed by atoms with Crippen LogP contribution in [0.1, 0.15) is 51.8 Å². The van der Waals surface area contributed by atoms with E-state index >= 15 is 0 Å². The molecular weight excluding hydrogens is 303 g/mol. The van der Waals surface area contributed by atoms with Crippen LogP contribution < -0.4 is 0 Å². The molecule has 0 fully saturated rings. The molecule has 21 heavy (non-hydrogen) atoms. The number of fused-ring (bicyclic) bond motifs is 1. The summed E-state index contributed by atoms with van der Waals surface area (Å²) in [6, 6.07) is 5.83. The van der Waals surface area contributed by atoms with Crippen LogP contribution in [0, 0.1) is 5.92 Å². The van der Waals surface area contributed by atoms with Gasteiger partial charge in [-0.1, -0.05) is 51.1 Å². The van der Waals surface area contributed by atoms with Gasteiger partial charge in [-0.3, -0.25) is 0 Å². The molecule has 1 aromatic heterocycles. The van der Waals surface area contributed by atoms with Gasteiger partial charge in [0.05, 0.1) is 16.9 Å². The maximum absolute atomic E-state index is 6.10. The Labute approximate surface area is 137 Å². The molecule has 116 valence electrons. The number of alkyl halides is 1. The summed E-state index contributed by atoms with van der Waals surface area (Å²) >= 11 is 12.1. The molecule has 0 bridgehead atoms. The Morgan fingerprint density at radius 2 is 1.90 bits per heavy atom. The van der Waals surface area contributed by atoms with E-state index in [9.17, 15) is 0 Å². The Morgan fingerprint density at radius 1 is 1.14 bits per heavy atom. The predicted octanol–water partition coefficient (Wildman–Crippen LogP) is 6.04. The van der Waals surface area contributed by atoms with Crippen LogP contribution in [-0.2, 0) is 12.4 Å². The molecule has 2 nitrogen and oxygen atoms in total. The van der Waals surface area contributed by atoms with E-state index in [0.29, 0.717) is 5.88 Å². The van der Waals surface area contributed by atoms with Crippen molar-refractivity contribution in [3.8, 4) is 0 Å². The first kappa shape index (κ1) is 16.6. The highest BCUT2D eigenvalue weighted by atomic mass is 35.5. The smallest absolute Gasteiger partial charge is 0.124 e. The molecule has 1 heterocycles. The number of halogens is 2. The molecule has 2 aromatic rings. The van der Waals surface area contributed by atoms with Crippen molar-refractivity contribution < 1.29 is 0 Å². The first-order valence-corrected chi connectivity index (χ1v) is 8.73. The Kier molecular flexibility index (Phi) is 6.38. The Hall–Kier alpha value is -0.730. The number of unbranched alkanes of at least 4 members (excludes halogenated alkanes) is 3. The Morgan fingerprint density at radius 3 is 2.62 bits per heavy atom. The second-order valence-corrected chi connectivity index (χ2v) is 6.75. The molecule has 0 radical (unpaired) electrons. The summed E-state index contributed by atoms with van der Waals surface area (Å²) in [5.41, 5.74) is 2.08. The van der Waals surface area contributed by atoms with Crippen molar-refractivity contribution in [1.29, 1.82) is 0 Å². The number of imidazole rings is 1. The molecule has 0 aliphatic heterocycles. The lowest BCUT2D eigenvalue weighted by Crippen LogP contribution is -2.02. The number of hydrogen-bond donors (Lipinski definition) is 0. The van der Waals surface area contributed by atoms with Crippen molar-refractivity contribution in [1.82, 2.24) is 9.55 Å². The molecule has 0 N–H and O–H groups in total. The van der Waals surface area contributed by atoms with E-state index in [1.807, 2.05) is 18.2 Å². The van der Waals surface area contributed by atoms with E-state index in [1.54, 1.807) is 0 Å². The summed E-state index contributed by atoms with van der Waals surface area (Å²) < 4.78 is 2.22. The average Bonchev–Trinajstić information content (AvgIpc) is 2.79. The zero-order valence-electron chi connectivity index (χ0n) is 12.9. The van der Waals surface area contributed by atoms with Gasteiger partial charge < -0.3 is 4.57 Å². The van der Waals surface area contributed by atoms with Crippen molar-refractivity contribution in [3.63, 3.8) is 0 Å². The third-order valence-corrected chi connectivity index (χ3v) is 4.30. The zero-order valence-corrected chi connectivity index (χ0v) is 14.4. The van der Waals surface area contributed by atoms with Gasteiger partial charge in [0, 0.05) is 11.6 Å². The van der Waals surface area contributed by atoms with Crippen LogP contribution in [0.25, 0.3) is 11.0 Å².